The Bertz CT molecular complexity index is 424. The predicted molar refractivity (Wildman–Crippen MR) is 74.2 cm³/mol. The molecule has 0 radical (unpaired) electrons. The number of para-hydroxylation sites is 1. The first-order valence-corrected chi connectivity index (χ1v) is 6.56. The van der Waals surface area contributed by atoms with Crippen LogP contribution in [0.1, 0.15) is 6.42 Å². The number of ether oxygens (including phenoxy) is 1. The zero-order chi connectivity index (χ0) is 15.7. The molecule has 0 bridgehead atoms. The molecule has 0 fully saturated rings. The highest BCUT2D eigenvalue weighted by atomic mass is 19.4. The molecule has 4 nitrogen and oxygen atoms in total. The molecule has 0 atom stereocenters. The van der Waals surface area contributed by atoms with Gasteiger partial charge in [0.25, 0.3) is 0 Å². The molecule has 0 spiro atoms. The lowest BCUT2D eigenvalue weighted by Gasteiger charge is -2.19. The minimum atomic E-state index is -4.35. The molecule has 0 saturated carbocycles. The number of hydrogen-bond acceptors (Lipinski definition) is 3. The average molecular weight is 304 g/mol. The third-order valence-electron chi connectivity index (χ3n) is 2.71. The van der Waals surface area contributed by atoms with Crippen molar-refractivity contribution in [2.75, 3.05) is 38.3 Å². The first-order chi connectivity index (χ1) is 9.88. The van der Waals surface area contributed by atoms with Crippen LogP contribution in [0.15, 0.2) is 30.3 Å². The molecule has 0 aromatic heterocycles. The van der Waals surface area contributed by atoms with Gasteiger partial charge in [0.2, 0.25) is 5.91 Å². The molecule has 1 amide bonds. The fourth-order valence-electron chi connectivity index (χ4n) is 1.62. The molecule has 1 rings (SSSR count). The summed E-state index contributed by atoms with van der Waals surface area (Å²) >= 11 is 0. The number of amides is 1. The van der Waals surface area contributed by atoms with Gasteiger partial charge in [0.15, 0.2) is 0 Å². The van der Waals surface area contributed by atoms with Gasteiger partial charge in [-0.3, -0.25) is 4.79 Å². The number of halogens is 3. The van der Waals surface area contributed by atoms with Crippen LogP contribution in [0.3, 0.4) is 0 Å². The first kappa shape index (κ1) is 17.3. The molecule has 0 heterocycles. The quantitative estimate of drug-likeness (QED) is 0.749. The smallest absolute Gasteiger partial charge is 0.373 e. The van der Waals surface area contributed by atoms with Gasteiger partial charge in [0, 0.05) is 32.2 Å². The van der Waals surface area contributed by atoms with Crippen molar-refractivity contribution in [3.05, 3.63) is 30.3 Å². The van der Waals surface area contributed by atoms with Crippen molar-refractivity contribution in [1.82, 2.24) is 5.32 Å². The third-order valence-corrected chi connectivity index (χ3v) is 2.71. The summed E-state index contributed by atoms with van der Waals surface area (Å²) in [5.41, 5.74) is 1.03. The van der Waals surface area contributed by atoms with E-state index in [4.69, 9.17) is 0 Å². The van der Waals surface area contributed by atoms with E-state index in [0.29, 0.717) is 13.1 Å². The molecule has 0 aliphatic heterocycles. The fraction of sp³-hybridized carbons (Fsp3) is 0.500. The Balaban J connectivity index is 2.11. The molecule has 7 heteroatoms. The van der Waals surface area contributed by atoms with E-state index in [1.165, 1.54) is 0 Å². The van der Waals surface area contributed by atoms with Gasteiger partial charge in [0.1, 0.15) is 6.61 Å². The Hall–Kier alpha value is -1.76. The number of benzene rings is 1. The van der Waals surface area contributed by atoms with Crippen LogP contribution in [-0.4, -0.2) is 45.4 Å². The van der Waals surface area contributed by atoms with Gasteiger partial charge in [0.05, 0.1) is 6.61 Å². The second-order valence-corrected chi connectivity index (χ2v) is 4.52. The maximum atomic E-state index is 11.8. The molecular formula is C14H19F3N2O2. The van der Waals surface area contributed by atoms with Gasteiger partial charge >= 0.3 is 6.18 Å². The maximum absolute atomic E-state index is 11.8. The second-order valence-electron chi connectivity index (χ2n) is 4.52. The lowest BCUT2D eigenvalue weighted by molar-refractivity contribution is -0.174. The predicted octanol–water partition coefficient (Wildman–Crippen LogP) is 2.21. The Morgan fingerprint density at radius 1 is 1.29 bits per heavy atom. The average Bonchev–Trinajstić information content (AvgIpc) is 2.43. The van der Waals surface area contributed by atoms with Crippen LogP contribution >= 0.6 is 0 Å². The highest BCUT2D eigenvalue weighted by molar-refractivity contribution is 5.75. The van der Waals surface area contributed by atoms with Crippen LogP contribution < -0.4 is 10.2 Å². The Labute approximate surface area is 121 Å². The van der Waals surface area contributed by atoms with E-state index < -0.39 is 12.8 Å². The summed E-state index contributed by atoms with van der Waals surface area (Å²) in [4.78, 5) is 13.4. The van der Waals surface area contributed by atoms with E-state index in [-0.39, 0.29) is 18.9 Å². The van der Waals surface area contributed by atoms with Gasteiger partial charge in [-0.2, -0.15) is 13.2 Å². The summed E-state index contributed by atoms with van der Waals surface area (Å²) in [6.45, 7) is -0.528. The lowest BCUT2D eigenvalue weighted by Crippen LogP contribution is -2.33. The van der Waals surface area contributed by atoms with Gasteiger partial charge in [-0.1, -0.05) is 18.2 Å². The topological polar surface area (TPSA) is 41.6 Å². The van der Waals surface area contributed by atoms with E-state index in [9.17, 15) is 18.0 Å². The molecule has 0 saturated heterocycles. The van der Waals surface area contributed by atoms with Crippen molar-refractivity contribution >= 4 is 11.6 Å². The van der Waals surface area contributed by atoms with Crippen molar-refractivity contribution in [2.24, 2.45) is 0 Å². The fourth-order valence-corrected chi connectivity index (χ4v) is 1.62. The number of anilines is 1. The summed E-state index contributed by atoms with van der Waals surface area (Å²) < 4.78 is 39.8. The summed E-state index contributed by atoms with van der Waals surface area (Å²) in [7, 11) is 1.90. The summed E-state index contributed by atoms with van der Waals surface area (Å²) in [6, 6.07) is 9.66. The molecule has 0 aliphatic carbocycles. The number of likely N-dealkylation sites (N-methyl/N-ethyl adjacent to an activating group) is 1. The SMILES string of the molecule is CN(CCNC(=O)CCOCC(F)(F)F)c1ccccc1. The van der Waals surface area contributed by atoms with Crippen LogP contribution in [0.4, 0.5) is 18.9 Å². The molecular weight excluding hydrogens is 285 g/mol. The number of alkyl halides is 3. The van der Waals surface area contributed by atoms with Crippen LogP contribution in [0.2, 0.25) is 0 Å². The van der Waals surface area contributed by atoms with E-state index in [1.807, 2.05) is 42.3 Å². The molecule has 0 unspecified atom stereocenters. The molecule has 21 heavy (non-hydrogen) atoms. The molecule has 0 aliphatic rings. The molecule has 118 valence electrons. The minimum absolute atomic E-state index is 0.0782. The Morgan fingerprint density at radius 3 is 2.57 bits per heavy atom. The van der Waals surface area contributed by atoms with Crippen molar-refractivity contribution in [2.45, 2.75) is 12.6 Å². The number of nitrogens with one attached hydrogen (secondary N) is 1. The van der Waals surface area contributed by atoms with Gasteiger partial charge in [-0.25, -0.2) is 0 Å². The van der Waals surface area contributed by atoms with E-state index in [2.05, 4.69) is 10.1 Å². The zero-order valence-corrected chi connectivity index (χ0v) is 11.8. The standard InChI is InChI=1S/C14H19F3N2O2/c1-19(12-5-3-2-4-6-12)9-8-18-13(20)7-10-21-11-14(15,16)17/h2-6H,7-11H2,1H3,(H,18,20). The largest absolute Gasteiger partial charge is 0.411 e. The summed E-state index contributed by atoms with van der Waals surface area (Å²) in [5, 5.41) is 2.64. The molecule has 1 aromatic carbocycles. The number of hydrogen-bond donors (Lipinski definition) is 1. The zero-order valence-electron chi connectivity index (χ0n) is 11.8. The van der Waals surface area contributed by atoms with Crippen LogP contribution in [0.25, 0.3) is 0 Å². The Morgan fingerprint density at radius 2 is 1.95 bits per heavy atom. The van der Waals surface area contributed by atoms with Crippen LogP contribution in [0.5, 0.6) is 0 Å². The number of carbonyl (C=O) groups is 1. The normalized spacial score (nSPS) is 11.2. The van der Waals surface area contributed by atoms with Gasteiger partial charge < -0.3 is 15.0 Å². The van der Waals surface area contributed by atoms with Gasteiger partial charge in [-0.05, 0) is 12.1 Å². The molecule has 1 aromatic rings. The van der Waals surface area contributed by atoms with E-state index in [0.717, 1.165) is 5.69 Å². The minimum Gasteiger partial charge on any atom is -0.373 e. The number of nitrogens with zero attached hydrogens (tertiary/aromatic N) is 1. The second kappa shape index (κ2) is 8.51. The summed E-state index contributed by atoms with van der Waals surface area (Å²) in [6.07, 6.45) is -4.43. The van der Waals surface area contributed by atoms with Crippen LogP contribution in [0, 0.1) is 0 Å². The number of rotatable bonds is 8. The Kier molecular flexibility index (Phi) is 7.01. The van der Waals surface area contributed by atoms with Crippen molar-refractivity contribution in [1.29, 1.82) is 0 Å². The van der Waals surface area contributed by atoms with Crippen LogP contribution in [-0.2, 0) is 9.53 Å². The maximum Gasteiger partial charge on any atom is 0.411 e. The monoisotopic (exact) mass is 304 g/mol. The van der Waals surface area contributed by atoms with Crippen molar-refractivity contribution in [3.8, 4) is 0 Å². The summed E-state index contributed by atoms with van der Waals surface area (Å²) in [5.74, 6) is -0.321. The van der Waals surface area contributed by atoms with E-state index >= 15 is 0 Å². The van der Waals surface area contributed by atoms with Gasteiger partial charge in [-0.15, -0.1) is 0 Å². The lowest BCUT2D eigenvalue weighted by atomic mass is 10.3. The first-order valence-electron chi connectivity index (χ1n) is 6.56. The highest BCUT2D eigenvalue weighted by Gasteiger charge is 2.27. The highest BCUT2D eigenvalue weighted by Crippen LogP contribution is 2.14. The van der Waals surface area contributed by atoms with Crippen molar-refractivity contribution < 1.29 is 22.7 Å². The van der Waals surface area contributed by atoms with E-state index in [1.54, 1.807) is 0 Å². The van der Waals surface area contributed by atoms with Crippen molar-refractivity contribution in [3.63, 3.8) is 0 Å². The molecule has 1 N–H and O–H groups in total. The number of carbonyl (C=O) groups excluding carboxylic acids is 1. The third kappa shape index (κ3) is 8.19.